The van der Waals surface area contributed by atoms with Gasteiger partial charge in [0.05, 0.1) is 34.1 Å². The Balaban J connectivity index is 1.19. The first-order valence-corrected chi connectivity index (χ1v) is 23.9. The first-order valence-electron chi connectivity index (χ1n) is 23.9. The fourth-order valence-electron chi connectivity index (χ4n) is 11.0. The fourth-order valence-corrected chi connectivity index (χ4v) is 11.0. The van der Waals surface area contributed by atoms with Crippen LogP contribution >= 0.6 is 0 Å². The molecule has 2 aliphatic heterocycles. The molecule has 1 aromatic heterocycles. The molecule has 0 spiro atoms. The zero-order valence-corrected chi connectivity index (χ0v) is 39.5. The van der Waals surface area contributed by atoms with Crippen LogP contribution in [0.15, 0.2) is 218 Å². The van der Waals surface area contributed by atoms with Gasteiger partial charge in [-0.15, -0.1) is 0 Å². The standard InChI is InChI=1S/C64H51N5/c1-42-24-12-13-29-45(42)47-31-23-33-49(59(47)69-56-40-20-16-36-52(56)64(4,5)53-37-17-21-41-57(53)69)62-66-60(44-27-10-7-11-28-44)65-61(67-62)48-32-22-30-46(43-25-8-6-9-26-43)58(48)68-54-38-18-14-34-50(54)63(2,3)51-35-15-19-39-55(51)68/h6-41H,1-5H3. The second kappa shape index (κ2) is 16.4. The number of para-hydroxylation sites is 6. The Morgan fingerprint density at radius 2 is 0.623 bits per heavy atom. The third kappa shape index (κ3) is 6.79. The highest BCUT2D eigenvalue weighted by atomic mass is 15.2. The van der Waals surface area contributed by atoms with Gasteiger partial charge >= 0.3 is 0 Å². The van der Waals surface area contributed by atoms with E-state index in [4.69, 9.17) is 15.0 Å². The minimum Gasteiger partial charge on any atom is -0.309 e. The molecule has 332 valence electrons. The van der Waals surface area contributed by atoms with E-state index in [9.17, 15) is 0 Å². The molecule has 5 heteroatoms. The van der Waals surface area contributed by atoms with Crippen LogP contribution in [-0.4, -0.2) is 15.0 Å². The van der Waals surface area contributed by atoms with Crippen LogP contribution in [0.1, 0.15) is 55.5 Å². The van der Waals surface area contributed by atoms with Gasteiger partial charge in [0.2, 0.25) is 0 Å². The summed E-state index contributed by atoms with van der Waals surface area (Å²) in [7, 11) is 0. The molecule has 9 aromatic carbocycles. The summed E-state index contributed by atoms with van der Waals surface area (Å²) in [6, 6.07) is 78.2. The molecule has 0 saturated heterocycles. The highest BCUT2D eigenvalue weighted by Gasteiger charge is 2.40. The van der Waals surface area contributed by atoms with Gasteiger partial charge in [-0.1, -0.05) is 210 Å². The Hall–Kier alpha value is -8.41. The van der Waals surface area contributed by atoms with E-state index in [2.05, 4.69) is 257 Å². The van der Waals surface area contributed by atoms with Crippen molar-refractivity contribution in [1.29, 1.82) is 0 Å². The van der Waals surface area contributed by atoms with Gasteiger partial charge in [-0.05, 0) is 82.3 Å². The van der Waals surface area contributed by atoms with Gasteiger partial charge in [-0.25, -0.2) is 15.0 Å². The maximum absolute atomic E-state index is 5.71. The minimum absolute atomic E-state index is 0.244. The lowest BCUT2D eigenvalue weighted by atomic mass is 9.73. The minimum atomic E-state index is -0.247. The predicted molar refractivity (Wildman–Crippen MR) is 285 cm³/mol. The van der Waals surface area contributed by atoms with Crippen molar-refractivity contribution in [3.05, 3.63) is 246 Å². The number of aryl methyl sites for hydroxylation is 1. The molecule has 5 nitrogen and oxygen atoms in total. The third-order valence-corrected chi connectivity index (χ3v) is 14.5. The second-order valence-corrected chi connectivity index (χ2v) is 19.2. The number of aromatic nitrogens is 3. The number of anilines is 6. The maximum Gasteiger partial charge on any atom is 0.166 e. The summed E-state index contributed by atoms with van der Waals surface area (Å²) in [5, 5.41) is 0. The molecular formula is C64H51N5. The first-order chi connectivity index (χ1) is 33.7. The van der Waals surface area contributed by atoms with Gasteiger partial charge in [0.25, 0.3) is 0 Å². The second-order valence-electron chi connectivity index (χ2n) is 19.2. The number of fused-ring (bicyclic) bond motifs is 4. The number of benzene rings is 9. The van der Waals surface area contributed by atoms with Crippen molar-refractivity contribution < 1.29 is 0 Å². The Labute approximate surface area is 405 Å². The van der Waals surface area contributed by atoms with Gasteiger partial charge in [0.15, 0.2) is 17.5 Å². The molecule has 0 radical (unpaired) electrons. The van der Waals surface area contributed by atoms with Crippen LogP contribution in [0.2, 0.25) is 0 Å². The van der Waals surface area contributed by atoms with Crippen LogP contribution in [0.4, 0.5) is 34.1 Å². The van der Waals surface area contributed by atoms with Crippen molar-refractivity contribution in [3.8, 4) is 56.4 Å². The van der Waals surface area contributed by atoms with Crippen LogP contribution in [0.3, 0.4) is 0 Å². The smallest absolute Gasteiger partial charge is 0.166 e. The summed E-state index contributed by atoms with van der Waals surface area (Å²) in [5.74, 6) is 1.76. The van der Waals surface area contributed by atoms with Crippen LogP contribution in [0.25, 0.3) is 56.4 Å². The number of rotatable bonds is 7. The largest absolute Gasteiger partial charge is 0.309 e. The number of nitrogens with zero attached hydrogens (tertiary/aromatic N) is 5. The average Bonchev–Trinajstić information content (AvgIpc) is 3.39. The lowest BCUT2D eigenvalue weighted by Gasteiger charge is -2.43. The monoisotopic (exact) mass is 889 g/mol. The van der Waals surface area contributed by atoms with Crippen LogP contribution < -0.4 is 9.80 Å². The van der Waals surface area contributed by atoms with Crippen LogP contribution in [0, 0.1) is 6.92 Å². The van der Waals surface area contributed by atoms with Crippen molar-refractivity contribution in [2.24, 2.45) is 0 Å². The van der Waals surface area contributed by atoms with Gasteiger partial charge in [-0.3, -0.25) is 0 Å². The summed E-state index contributed by atoms with van der Waals surface area (Å²) in [4.78, 5) is 21.6. The number of hydrogen-bond acceptors (Lipinski definition) is 5. The Bertz CT molecular complexity index is 3490. The molecule has 0 aliphatic carbocycles. The van der Waals surface area contributed by atoms with E-state index >= 15 is 0 Å². The van der Waals surface area contributed by atoms with E-state index in [0.29, 0.717) is 17.5 Å². The molecule has 0 amide bonds. The average molecular weight is 890 g/mol. The summed E-state index contributed by atoms with van der Waals surface area (Å²) < 4.78 is 0. The summed E-state index contributed by atoms with van der Waals surface area (Å²) in [5.41, 5.74) is 19.4. The molecule has 3 heterocycles. The molecule has 0 atom stereocenters. The normalized spacial score (nSPS) is 14.0. The highest BCUT2D eigenvalue weighted by molar-refractivity contribution is 6.02. The summed E-state index contributed by atoms with van der Waals surface area (Å²) in [6.07, 6.45) is 0. The van der Waals surface area contributed by atoms with Gasteiger partial charge in [0.1, 0.15) is 0 Å². The highest BCUT2D eigenvalue weighted by Crippen LogP contribution is 2.57. The zero-order valence-electron chi connectivity index (χ0n) is 39.5. The summed E-state index contributed by atoms with van der Waals surface area (Å²) >= 11 is 0. The lowest BCUT2D eigenvalue weighted by molar-refractivity contribution is 0.632. The lowest BCUT2D eigenvalue weighted by Crippen LogP contribution is -2.31. The molecule has 0 unspecified atom stereocenters. The van der Waals surface area contributed by atoms with E-state index in [1.807, 2.05) is 6.07 Å². The Kier molecular flexibility index (Phi) is 9.99. The molecule has 10 aromatic rings. The maximum atomic E-state index is 5.71. The summed E-state index contributed by atoms with van der Waals surface area (Å²) in [6.45, 7) is 11.5. The molecule has 0 N–H and O–H groups in total. The molecule has 0 bridgehead atoms. The van der Waals surface area contributed by atoms with Crippen molar-refractivity contribution in [2.45, 2.75) is 45.4 Å². The predicted octanol–water partition coefficient (Wildman–Crippen LogP) is 16.7. The SMILES string of the molecule is Cc1ccccc1-c1cccc(-c2nc(-c3ccccc3)nc(-c3cccc(-c4ccccc4)c3N3c4ccccc4C(C)(C)c4ccccc43)n2)c1N1c2ccccc2C(C)(C)c2ccccc21. The molecule has 69 heavy (non-hydrogen) atoms. The van der Waals surface area contributed by atoms with Crippen LogP contribution in [-0.2, 0) is 10.8 Å². The van der Waals surface area contributed by atoms with Gasteiger partial charge < -0.3 is 9.80 Å². The fraction of sp³-hybridized carbons (Fsp3) is 0.109. The Morgan fingerprint density at radius 3 is 1.09 bits per heavy atom. The topological polar surface area (TPSA) is 45.2 Å². The molecule has 0 saturated carbocycles. The molecule has 0 fully saturated rings. The molecular weight excluding hydrogens is 839 g/mol. The zero-order chi connectivity index (χ0) is 46.9. The molecule has 2 aliphatic rings. The van der Waals surface area contributed by atoms with E-state index in [1.165, 1.54) is 27.8 Å². The van der Waals surface area contributed by atoms with E-state index < -0.39 is 0 Å². The van der Waals surface area contributed by atoms with E-state index in [1.54, 1.807) is 0 Å². The molecule has 12 rings (SSSR count). The number of hydrogen-bond donors (Lipinski definition) is 0. The first kappa shape index (κ1) is 42.0. The van der Waals surface area contributed by atoms with Crippen molar-refractivity contribution in [2.75, 3.05) is 9.80 Å². The van der Waals surface area contributed by atoms with Crippen molar-refractivity contribution >= 4 is 34.1 Å². The Morgan fingerprint density at radius 1 is 0.290 bits per heavy atom. The van der Waals surface area contributed by atoms with E-state index in [0.717, 1.165) is 73.1 Å². The van der Waals surface area contributed by atoms with Gasteiger partial charge in [-0.2, -0.15) is 0 Å². The van der Waals surface area contributed by atoms with Gasteiger partial charge in [0, 0.05) is 38.6 Å². The van der Waals surface area contributed by atoms with Crippen molar-refractivity contribution in [3.63, 3.8) is 0 Å². The van der Waals surface area contributed by atoms with Crippen molar-refractivity contribution in [1.82, 2.24) is 15.0 Å². The quantitative estimate of drug-likeness (QED) is 0.160. The van der Waals surface area contributed by atoms with E-state index in [-0.39, 0.29) is 10.8 Å². The third-order valence-electron chi connectivity index (χ3n) is 14.5. The van der Waals surface area contributed by atoms with Crippen LogP contribution in [0.5, 0.6) is 0 Å².